The Labute approximate surface area is 174 Å². The average Bonchev–Trinajstić information content (AvgIpc) is 3.00. The number of fused-ring (bicyclic) bond motifs is 1. The number of nitrogens with zero attached hydrogens (tertiary/aromatic N) is 4. The summed E-state index contributed by atoms with van der Waals surface area (Å²) in [6.07, 6.45) is 0.568. The van der Waals surface area contributed by atoms with Crippen molar-refractivity contribution in [3.8, 4) is 12.1 Å². The summed E-state index contributed by atoms with van der Waals surface area (Å²) in [5, 5.41) is 17.3. The Bertz CT molecular complexity index is 989. The molecule has 0 atom stereocenters. The number of benzene rings is 1. The number of rotatable bonds is 10. The number of amidine groups is 1. The summed E-state index contributed by atoms with van der Waals surface area (Å²) in [7, 11) is -3.60. The van der Waals surface area contributed by atoms with E-state index in [1.54, 1.807) is 18.2 Å². The largest absolute Gasteiger partial charge is 0.456 e. The van der Waals surface area contributed by atoms with Crippen LogP contribution in [0.25, 0.3) is 0 Å². The van der Waals surface area contributed by atoms with Crippen LogP contribution < -0.4 is 4.72 Å². The van der Waals surface area contributed by atoms with E-state index in [-0.39, 0.29) is 49.6 Å². The number of amides is 1. The molecule has 11 heteroatoms. The minimum absolute atomic E-state index is 0.00878. The molecule has 0 fully saturated rings. The van der Waals surface area contributed by atoms with E-state index in [9.17, 15) is 18.0 Å². The van der Waals surface area contributed by atoms with Gasteiger partial charge in [0, 0.05) is 31.6 Å². The van der Waals surface area contributed by atoms with Gasteiger partial charge in [0.05, 0.1) is 29.9 Å². The Morgan fingerprint density at radius 3 is 2.47 bits per heavy atom. The molecule has 0 saturated heterocycles. The number of aliphatic imine (C=N–C) groups is 1. The molecule has 1 aliphatic heterocycles. The summed E-state index contributed by atoms with van der Waals surface area (Å²) in [6.45, 7) is 0.0793. The Morgan fingerprint density at radius 1 is 1.13 bits per heavy atom. The molecule has 2 rings (SSSR count). The number of hydrogen-bond donors (Lipinski definition) is 1. The average molecular weight is 431 g/mol. The molecule has 0 aromatic heterocycles. The highest BCUT2D eigenvalue weighted by Crippen LogP contribution is 2.22. The third-order valence-electron chi connectivity index (χ3n) is 4.17. The topological polar surface area (TPSA) is 153 Å². The predicted molar refractivity (Wildman–Crippen MR) is 105 cm³/mol. The van der Waals surface area contributed by atoms with Crippen LogP contribution in [0.2, 0.25) is 0 Å². The fourth-order valence-corrected chi connectivity index (χ4v) is 3.95. The van der Waals surface area contributed by atoms with E-state index in [0.717, 1.165) is 0 Å². The lowest BCUT2D eigenvalue weighted by molar-refractivity contribution is -0.152. The van der Waals surface area contributed by atoms with Crippen LogP contribution in [0.4, 0.5) is 0 Å². The second-order valence-electron chi connectivity index (χ2n) is 6.29. The van der Waals surface area contributed by atoms with Crippen molar-refractivity contribution in [1.82, 2.24) is 9.62 Å². The van der Waals surface area contributed by atoms with Crippen LogP contribution in [0, 0.1) is 22.7 Å². The van der Waals surface area contributed by atoms with Gasteiger partial charge in [-0.05, 0) is 18.6 Å². The van der Waals surface area contributed by atoms with E-state index >= 15 is 0 Å². The lowest BCUT2D eigenvalue weighted by Crippen LogP contribution is -2.36. The molecule has 0 radical (unpaired) electrons. The smallest absolute Gasteiger partial charge is 0.306 e. The molecule has 10 nitrogen and oxygen atoms in total. The first-order valence-corrected chi connectivity index (χ1v) is 10.7. The molecule has 1 amide bonds. The van der Waals surface area contributed by atoms with Crippen LogP contribution in [-0.2, 0) is 24.3 Å². The van der Waals surface area contributed by atoms with Crippen LogP contribution in [0.15, 0.2) is 34.2 Å². The van der Waals surface area contributed by atoms with Crippen molar-refractivity contribution < 1.29 is 22.7 Å². The molecule has 0 aliphatic carbocycles. The minimum Gasteiger partial charge on any atom is -0.456 e. The van der Waals surface area contributed by atoms with Crippen LogP contribution in [0.5, 0.6) is 0 Å². The molecule has 0 saturated carbocycles. The molecule has 1 aromatic carbocycles. The van der Waals surface area contributed by atoms with E-state index in [2.05, 4.69) is 9.71 Å². The summed E-state index contributed by atoms with van der Waals surface area (Å²) < 4.78 is 31.3. The fraction of sp³-hybridized carbons (Fsp3) is 0.421. The molecule has 1 aromatic rings. The molecule has 1 heterocycles. The van der Waals surface area contributed by atoms with Crippen molar-refractivity contribution >= 4 is 27.7 Å². The Hall–Kier alpha value is -3.44. The second kappa shape index (κ2) is 10.9. The van der Waals surface area contributed by atoms with Gasteiger partial charge in [0.15, 0.2) is 6.61 Å². The Morgan fingerprint density at radius 2 is 1.80 bits per heavy atom. The van der Waals surface area contributed by atoms with Crippen LogP contribution >= 0.6 is 0 Å². The summed E-state index contributed by atoms with van der Waals surface area (Å²) in [6, 6.07) is 10.3. The fourth-order valence-electron chi connectivity index (χ4n) is 2.70. The van der Waals surface area contributed by atoms with Crippen molar-refractivity contribution in [3.05, 3.63) is 29.8 Å². The quantitative estimate of drug-likeness (QED) is 0.423. The van der Waals surface area contributed by atoms with Gasteiger partial charge in [-0.15, -0.1) is 0 Å². The zero-order valence-corrected chi connectivity index (χ0v) is 17.0. The highest BCUT2D eigenvalue weighted by atomic mass is 32.2. The van der Waals surface area contributed by atoms with Gasteiger partial charge in [-0.1, -0.05) is 12.1 Å². The molecule has 0 bridgehead atoms. The first kappa shape index (κ1) is 22.8. The van der Waals surface area contributed by atoms with Gasteiger partial charge in [0.25, 0.3) is 15.9 Å². The number of hydrogen-bond acceptors (Lipinski definition) is 8. The number of ether oxygens (including phenoxy) is 1. The Kier molecular flexibility index (Phi) is 8.32. The zero-order valence-electron chi connectivity index (χ0n) is 16.2. The van der Waals surface area contributed by atoms with Gasteiger partial charge in [-0.2, -0.15) is 10.5 Å². The van der Waals surface area contributed by atoms with Gasteiger partial charge in [0.1, 0.15) is 5.84 Å². The van der Waals surface area contributed by atoms with Gasteiger partial charge < -0.3 is 9.64 Å². The molecule has 30 heavy (non-hydrogen) atoms. The predicted octanol–water partition coefficient (Wildman–Crippen LogP) is 0.704. The van der Waals surface area contributed by atoms with E-state index in [1.807, 2.05) is 12.1 Å². The van der Waals surface area contributed by atoms with Crippen LogP contribution in [0.1, 0.15) is 31.2 Å². The van der Waals surface area contributed by atoms with Crippen molar-refractivity contribution in [3.63, 3.8) is 0 Å². The van der Waals surface area contributed by atoms with E-state index in [1.165, 1.54) is 11.0 Å². The van der Waals surface area contributed by atoms with Crippen molar-refractivity contribution in [2.45, 2.75) is 30.6 Å². The highest BCUT2D eigenvalue weighted by Gasteiger charge is 2.29. The third kappa shape index (κ3) is 6.29. The lowest BCUT2D eigenvalue weighted by atomic mass is 10.2. The minimum atomic E-state index is -3.60. The van der Waals surface area contributed by atoms with Gasteiger partial charge in [-0.3, -0.25) is 19.3 Å². The molecule has 1 aliphatic rings. The number of nitriles is 2. The van der Waals surface area contributed by atoms with E-state index in [4.69, 9.17) is 15.3 Å². The van der Waals surface area contributed by atoms with Crippen molar-refractivity contribution in [1.29, 1.82) is 10.5 Å². The summed E-state index contributed by atoms with van der Waals surface area (Å²) in [5.74, 6) is -0.817. The molecule has 0 spiro atoms. The first-order chi connectivity index (χ1) is 14.4. The summed E-state index contributed by atoms with van der Waals surface area (Å²) in [4.78, 5) is 29.6. The first-order valence-electron chi connectivity index (χ1n) is 9.23. The standard InChI is InChI=1S/C19H21N5O5S/c20-9-4-12-24(13-5-10-21)17(25)14-29-18(26)8-3-11-22-19-15-6-1-2-7-16(15)30(27,28)23-19/h1-2,6-7H,3-5,8,11-14H2,(H,22,23). The monoisotopic (exact) mass is 431 g/mol. The maximum atomic E-state index is 12.1. The lowest BCUT2D eigenvalue weighted by Gasteiger charge is -2.20. The maximum absolute atomic E-state index is 12.1. The summed E-state index contributed by atoms with van der Waals surface area (Å²) in [5.41, 5.74) is 0.487. The highest BCUT2D eigenvalue weighted by molar-refractivity contribution is 7.90. The van der Waals surface area contributed by atoms with Crippen LogP contribution in [0.3, 0.4) is 0 Å². The zero-order chi connectivity index (χ0) is 22.0. The number of carbonyl (C=O) groups is 2. The van der Waals surface area contributed by atoms with Gasteiger partial charge in [-0.25, -0.2) is 8.42 Å². The SMILES string of the molecule is N#CCCN(CCC#N)C(=O)COC(=O)CCCN=C1NS(=O)(=O)c2ccccc21. The maximum Gasteiger partial charge on any atom is 0.306 e. The van der Waals surface area contributed by atoms with E-state index in [0.29, 0.717) is 12.0 Å². The Balaban J connectivity index is 1.78. The molecular formula is C19H21N5O5S. The number of sulfonamides is 1. The molecule has 158 valence electrons. The third-order valence-corrected chi connectivity index (χ3v) is 5.57. The van der Waals surface area contributed by atoms with Gasteiger partial charge >= 0.3 is 5.97 Å². The van der Waals surface area contributed by atoms with Crippen molar-refractivity contribution in [2.24, 2.45) is 4.99 Å². The van der Waals surface area contributed by atoms with Crippen LogP contribution in [-0.4, -0.2) is 57.3 Å². The molecule has 0 unspecified atom stereocenters. The molecule has 1 N–H and O–H groups in total. The van der Waals surface area contributed by atoms with Gasteiger partial charge in [0.2, 0.25) is 0 Å². The van der Waals surface area contributed by atoms with E-state index < -0.39 is 28.5 Å². The molecular weight excluding hydrogens is 410 g/mol. The second-order valence-corrected chi connectivity index (χ2v) is 7.94. The summed E-state index contributed by atoms with van der Waals surface area (Å²) >= 11 is 0. The normalized spacial score (nSPS) is 14.8. The number of carbonyl (C=O) groups excluding carboxylic acids is 2. The van der Waals surface area contributed by atoms with Crippen molar-refractivity contribution in [2.75, 3.05) is 26.2 Å². The number of nitrogens with one attached hydrogen (secondary N) is 1. The number of esters is 1.